The molecule has 84 valence electrons. The van der Waals surface area contributed by atoms with E-state index in [-0.39, 0.29) is 12.4 Å². The van der Waals surface area contributed by atoms with Crippen LogP contribution in [0.15, 0.2) is 18.2 Å². The van der Waals surface area contributed by atoms with Crippen molar-refractivity contribution in [3.05, 3.63) is 35.4 Å². The summed E-state index contributed by atoms with van der Waals surface area (Å²) in [5.41, 5.74) is 0.759. The Morgan fingerprint density at radius 2 is 1.73 bits per heavy atom. The second-order valence-corrected chi connectivity index (χ2v) is 3.84. The van der Waals surface area contributed by atoms with Gasteiger partial charge in [0, 0.05) is 6.07 Å². The fourth-order valence-electron chi connectivity index (χ4n) is 1.68. The number of rotatable bonds is 3. The van der Waals surface area contributed by atoms with Crippen molar-refractivity contribution < 1.29 is 8.78 Å². The summed E-state index contributed by atoms with van der Waals surface area (Å²) in [5.74, 6) is -0.278. The van der Waals surface area contributed by atoms with Gasteiger partial charge in [-0.2, -0.15) is 0 Å². The first kappa shape index (κ1) is 12.4. The van der Waals surface area contributed by atoms with E-state index in [9.17, 15) is 8.78 Å². The van der Waals surface area contributed by atoms with Gasteiger partial charge in [0.05, 0.1) is 0 Å². The summed E-state index contributed by atoms with van der Waals surface area (Å²) in [6.45, 7) is 2.08. The van der Waals surface area contributed by atoms with Crippen molar-refractivity contribution in [1.29, 1.82) is 0 Å². The Bertz CT molecular complexity index is 306. The normalized spacial score (nSPS) is 15.6. The van der Waals surface area contributed by atoms with E-state index in [1.165, 1.54) is 12.1 Å². The third kappa shape index (κ3) is 3.43. The number of aryl methyl sites for hydroxylation is 1. The van der Waals surface area contributed by atoms with Crippen molar-refractivity contribution in [3.63, 3.8) is 0 Å². The van der Waals surface area contributed by atoms with E-state index in [0.29, 0.717) is 5.92 Å². The standard InChI is InChI=1S/C11H13F2N.ClH/c12-10-3-8(4-11(13)5-10)1-2-9-6-14-7-9;/h3-5,9,14H,1-2,6-7H2;1H. The molecule has 0 aromatic heterocycles. The highest BCUT2D eigenvalue weighted by Crippen LogP contribution is 2.15. The molecule has 1 aliphatic rings. The predicted molar refractivity (Wildman–Crippen MR) is 58.3 cm³/mol. The highest BCUT2D eigenvalue weighted by Gasteiger charge is 2.16. The van der Waals surface area contributed by atoms with E-state index in [1.54, 1.807) is 0 Å². The van der Waals surface area contributed by atoms with Crippen molar-refractivity contribution in [2.45, 2.75) is 12.8 Å². The third-order valence-corrected chi connectivity index (χ3v) is 2.63. The molecular weight excluding hydrogens is 220 g/mol. The summed E-state index contributed by atoms with van der Waals surface area (Å²) < 4.78 is 25.6. The molecular formula is C11H14ClF2N. The first-order valence-corrected chi connectivity index (χ1v) is 4.90. The highest BCUT2D eigenvalue weighted by molar-refractivity contribution is 5.85. The number of benzene rings is 1. The average Bonchev–Trinajstić information content (AvgIpc) is 1.99. The van der Waals surface area contributed by atoms with E-state index in [1.807, 2.05) is 0 Å². The summed E-state index contributed by atoms with van der Waals surface area (Å²) in [7, 11) is 0. The molecule has 1 nitrogen and oxygen atoms in total. The van der Waals surface area contributed by atoms with E-state index in [2.05, 4.69) is 5.32 Å². The molecule has 1 fully saturated rings. The van der Waals surface area contributed by atoms with Crippen LogP contribution >= 0.6 is 12.4 Å². The van der Waals surface area contributed by atoms with Gasteiger partial charge in [0.15, 0.2) is 0 Å². The van der Waals surface area contributed by atoms with Crippen LogP contribution in [0, 0.1) is 17.6 Å². The lowest BCUT2D eigenvalue weighted by atomic mass is 9.95. The Morgan fingerprint density at radius 1 is 1.13 bits per heavy atom. The number of nitrogens with one attached hydrogen (secondary N) is 1. The molecule has 0 aliphatic carbocycles. The SMILES string of the molecule is Cl.Fc1cc(F)cc(CCC2CNC2)c1. The van der Waals surface area contributed by atoms with Gasteiger partial charge in [-0.25, -0.2) is 8.78 Å². The van der Waals surface area contributed by atoms with Crippen molar-refractivity contribution in [2.24, 2.45) is 5.92 Å². The van der Waals surface area contributed by atoms with E-state index < -0.39 is 11.6 Å². The van der Waals surface area contributed by atoms with Crippen LogP contribution in [-0.4, -0.2) is 13.1 Å². The molecule has 0 unspecified atom stereocenters. The second-order valence-electron chi connectivity index (χ2n) is 3.84. The zero-order valence-electron chi connectivity index (χ0n) is 8.30. The number of hydrogen-bond donors (Lipinski definition) is 1. The van der Waals surface area contributed by atoms with Crippen LogP contribution in [0.25, 0.3) is 0 Å². The fourth-order valence-corrected chi connectivity index (χ4v) is 1.68. The topological polar surface area (TPSA) is 12.0 Å². The maximum absolute atomic E-state index is 12.8. The van der Waals surface area contributed by atoms with Gasteiger partial charge in [0.1, 0.15) is 11.6 Å². The van der Waals surface area contributed by atoms with Gasteiger partial charge < -0.3 is 5.32 Å². The minimum atomic E-state index is -0.480. The summed E-state index contributed by atoms with van der Waals surface area (Å²) in [6, 6.07) is 3.73. The van der Waals surface area contributed by atoms with Crippen LogP contribution in [0.2, 0.25) is 0 Å². The quantitative estimate of drug-likeness (QED) is 0.846. The molecule has 15 heavy (non-hydrogen) atoms. The van der Waals surface area contributed by atoms with Crippen LogP contribution in [0.1, 0.15) is 12.0 Å². The molecule has 0 saturated carbocycles. The molecule has 0 atom stereocenters. The zero-order valence-corrected chi connectivity index (χ0v) is 9.12. The highest BCUT2D eigenvalue weighted by atomic mass is 35.5. The molecule has 0 radical (unpaired) electrons. The fraction of sp³-hybridized carbons (Fsp3) is 0.455. The molecule has 0 bridgehead atoms. The summed E-state index contributed by atoms with van der Waals surface area (Å²) in [4.78, 5) is 0. The van der Waals surface area contributed by atoms with Gasteiger partial charge in [-0.1, -0.05) is 0 Å². The zero-order chi connectivity index (χ0) is 9.97. The number of hydrogen-bond acceptors (Lipinski definition) is 1. The maximum Gasteiger partial charge on any atom is 0.126 e. The molecule has 4 heteroatoms. The Balaban J connectivity index is 0.00000112. The number of halogens is 3. The Labute approximate surface area is 94.3 Å². The summed E-state index contributed by atoms with van der Waals surface area (Å²) >= 11 is 0. The van der Waals surface area contributed by atoms with Crippen molar-refractivity contribution >= 4 is 12.4 Å². The summed E-state index contributed by atoms with van der Waals surface area (Å²) in [6.07, 6.45) is 1.77. The molecule has 1 saturated heterocycles. The van der Waals surface area contributed by atoms with Gasteiger partial charge >= 0.3 is 0 Å². The largest absolute Gasteiger partial charge is 0.316 e. The first-order valence-electron chi connectivity index (χ1n) is 4.90. The van der Waals surface area contributed by atoms with Gasteiger partial charge in [-0.15, -0.1) is 12.4 Å². The van der Waals surface area contributed by atoms with Crippen LogP contribution < -0.4 is 5.32 Å². The monoisotopic (exact) mass is 233 g/mol. The summed E-state index contributed by atoms with van der Waals surface area (Å²) in [5, 5.41) is 3.17. The molecule has 2 rings (SSSR count). The lowest BCUT2D eigenvalue weighted by molar-refractivity contribution is 0.327. The Hall–Kier alpha value is -0.670. The van der Waals surface area contributed by atoms with Gasteiger partial charge in [-0.3, -0.25) is 0 Å². The van der Waals surface area contributed by atoms with Gasteiger partial charge in [0.2, 0.25) is 0 Å². The van der Waals surface area contributed by atoms with E-state index in [4.69, 9.17) is 0 Å². The Morgan fingerprint density at radius 3 is 2.20 bits per heavy atom. The predicted octanol–water partition coefficient (Wildman–Crippen LogP) is 2.54. The molecule has 1 aromatic carbocycles. The van der Waals surface area contributed by atoms with Crippen LogP contribution in [0.5, 0.6) is 0 Å². The molecule has 1 aromatic rings. The van der Waals surface area contributed by atoms with Crippen LogP contribution in [0.3, 0.4) is 0 Å². The molecule has 0 amide bonds. The lowest BCUT2D eigenvalue weighted by Crippen LogP contribution is -2.42. The van der Waals surface area contributed by atoms with Gasteiger partial charge in [0.25, 0.3) is 0 Å². The van der Waals surface area contributed by atoms with E-state index >= 15 is 0 Å². The lowest BCUT2D eigenvalue weighted by Gasteiger charge is -2.26. The minimum Gasteiger partial charge on any atom is -0.316 e. The second kappa shape index (κ2) is 5.42. The molecule has 1 heterocycles. The first-order chi connectivity index (χ1) is 6.74. The van der Waals surface area contributed by atoms with Crippen molar-refractivity contribution in [3.8, 4) is 0 Å². The van der Waals surface area contributed by atoms with Gasteiger partial charge in [-0.05, 0) is 49.5 Å². The Kier molecular flexibility index (Phi) is 4.48. The van der Waals surface area contributed by atoms with Crippen molar-refractivity contribution in [2.75, 3.05) is 13.1 Å². The van der Waals surface area contributed by atoms with Crippen molar-refractivity contribution in [1.82, 2.24) is 5.32 Å². The molecule has 1 N–H and O–H groups in total. The smallest absolute Gasteiger partial charge is 0.126 e. The average molecular weight is 234 g/mol. The molecule has 1 aliphatic heterocycles. The van der Waals surface area contributed by atoms with Crippen LogP contribution in [-0.2, 0) is 6.42 Å². The van der Waals surface area contributed by atoms with Crippen LogP contribution in [0.4, 0.5) is 8.78 Å². The van der Waals surface area contributed by atoms with E-state index in [0.717, 1.165) is 37.6 Å². The maximum atomic E-state index is 12.8. The molecule has 0 spiro atoms. The third-order valence-electron chi connectivity index (χ3n) is 2.63. The minimum absolute atomic E-state index is 0.